The van der Waals surface area contributed by atoms with Crippen LogP contribution in [0.1, 0.15) is 12.6 Å². The Balaban J connectivity index is 1.59. The molecule has 2 aromatic rings. The van der Waals surface area contributed by atoms with E-state index in [0.29, 0.717) is 5.88 Å². The maximum absolute atomic E-state index is 5.19. The lowest BCUT2D eigenvalue weighted by atomic mass is 10.2. The molecule has 0 bridgehead atoms. The Bertz CT molecular complexity index is 771. The molecule has 27 heavy (non-hydrogen) atoms. The molecule has 142 valence electrons. The van der Waals surface area contributed by atoms with Crippen LogP contribution in [0.4, 0.5) is 5.69 Å². The van der Waals surface area contributed by atoms with Crippen molar-refractivity contribution in [2.75, 3.05) is 44.8 Å². The van der Waals surface area contributed by atoms with Crippen molar-refractivity contribution in [3.8, 4) is 5.88 Å². The summed E-state index contributed by atoms with van der Waals surface area (Å²) in [6.07, 6.45) is 6.05. The number of ether oxygens (including phenoxy) is 1. The van der Waals surface area contributed by atoms with Crippen LogP contribution in [0.5, 0.6) is 5.88 Å². The summed E-state index contributed by atoms with van der Waals surface area (Å²) in [4.78, 5) is 13.9. The number of hydrogen-bond donors (Lipinski definition) is 1. The Labute approximate surface area is 160 Å². The zero-order valence-electron chi connectivity index (χ0n) is 15.9. The standard InChI is InChI=1S/C20H26N6O/c1-3-24-10-12-25(13-11-24)19-14-18(17-6-4-5-9-21-17)26(23-19)16-7-8-20(27-2)22-15-16/h4-9,14-15,19,23H,3,10-13H2,1-2H3. The van der Waals surface area contributed by atoms with Crippen LogP contribution in [-0.4, -0.2) is 65.8 Å². The zero-order chi connectivity index (χ0) is 18.6. The molecule has 0 aromatic carbocycles. The van der Waals surface area contributed by atoms with Gasteiger partial charge in [0.25, 0.3) is 0 Å². The molecule has 0 amide bonds. The van der Waals surface area contributed by atoms with E-state index in [0.717, 1.165) is 49.8 Å². The predicted molar refractivity (Wildman–Crippen MR) is 106 cm³/mol. The molecule has 1 saturated heterocycles. The first-order chi connectivity index (χ1) is 13.3. The third-order valence-corrected chi connectivity index (χ3v) is 5.18. The average molecular weight is 366 g/mol. The molecule has 4 rings (SSSR count). The number of hydrogen-bond acceptors (Lipinski definition) is 7. The second-order valence-corrected chi connectivity index (χ2v) is 6.71. The van der Waals surface area contributed by atoms with Crippen LogP contribution in [0.15, 0.2) is 48.8 Å². The van der Waals surface area contributed by atoms with E-state index in [-0.39, 0.29) is 6.17 Å². The Morgan fingerprint density at radius 3 is 2.59 bits per heavy atom. The number of anilines is 1. The molecule has 0 saturated carbocycles. The number of aromatic nitrogens is 2. The number of hydrazine groups is 1. The lowest BCUT2D eigenvalue weighted by molar-refractivity contribution is 0.107. The van der Waals surface area contributed by atoms with Crippen molar-refractivity contribution in [2.45, 2.75) is 13.1 Å². The smallest absolute Gasteiger partial charge is 0.213 e. The number of piperazine rings is 1. The molecule has 1 N–H and O–H groups in total. The van der Waals surface area contributed by atoms with Gasteiger partial charge in [-0.3, -0.25) is 14.9 Å². The van der Waals surface area contributed by atoms with Crippen LogP contribution in [0.25, 0.3) is 5.70 Å². The van der Waals surface area contributed by atoms with Crippen molar-refractivity contribution in [3.05, 3.63) is 54.5 Å². The molecular formula is C20H26N6O. The van der Waals surface area contributed by atoms with Crippen molar-refractivity contribution in [1.82, 2.24) is 25.2 Å². The lowest BCUT2D eigenvalue weighted by Crippen LogP contribution is -2.54. The lowest BCUT2D eigenvalue weighted by Gasteiger charge is -2.37. The second-order valence-electron chi connectivity index (χ2n) is 6.71. The van der Waals surface area contributed by atoms with E-state index in [2.05, 4.69) is 43.2 Å². The zero-order valence-corrected chi connectivity index (χ0v) is 15.9. The molecule has 7 heteroatoms. The molecule has 2 aliphatic rings. The minimum absolute atomic E-state index is 0.142. The van der Waals surface area contributed by atoms with Crippen LogP contribution < -0.4 is 15.2 Å². The highest BCUT2D eigenvalue weighted by atomic mass is 16.5. The van der Waals surface area contributed by atoms with E-state index in [1.54, 1.807) is 7.11 Å². The van der Waals surface area contributed by atoms with Gasteiger partial charge < -0.3 is 9.64 Å². The summed E-state index contributed by atoms with van der Waals surface area (Å²) in [6, 6.07) is 9.87. The van der Waals surface area contributed by atoms with Crippen molar-refractivity contribution in [3.63, 3.8) is 0 Å². The van der Waals surface area contributed by atoms with Gasteiger partial charge in [-0.25, -0.2) is 10.4 Å². The van der Waals surface area contributed by atoms with Crippen molar-refractivity contribution in [2.24, 2.45) is 0 Å². The molecule has 4 heterocycles. The van der Waals surface area contributed by atoms with Crippen LogP contribution in [-0.2, 0) is 0 Å². The fourth-order valence-electron chi connectivity index (χ4n) is 3.56. The summed E-state index contributed by atoms with van der Waals surface area (Å²) in [5.74, 6) is 0.605. The van der Waals surface area contributed by atoms with Gasteiger partial charge in [0.05, 0.1) is 36.6 Å². The highest BCUT2D eigenvalue weighted by molar-refractivity contribution is 5.79. The van der Waals surface area contributed by atoms with Gasteiger partial charge in [-0.2, -0.15) is 0 Å². The number of nitrogens with one attached hydrogen (secondary N) is 1. The van der Waals surface area contributed by atoms with Gasteiger partial charge in [-0.1, -0.05) is 13.0 Å². The fraction of sp³-hybridized carbons (Fsp3) is 0.400. The molecule has 1 unspecified atom stereocenters. The highest BCUT2D eigenvalue weighted by Gasteiger charge is 2.31. The first-order valence-corrected chi connectivity index (χ1v) is 9.44. The summed E-state index contributed by atoms with van der Waals surface area (Å²) in [6.45, 7) is 7.64. The number of rotatable bonds is 5. The van der Waals surface area contributed by atoms with Gasteiger partial charge in [0.1, 0.15) is 0 Å². The number of likely N-dealkylation sites (N-methyl/N-ethyl adjacent to an activating group) is 1. The van der Waals surface area contributed by atoms with E-state index in [1.807, 2.05) is 42.7 Å². The quantitative estimate of drug-likeness (QED) is 0.866. The number of pyridine rings is 2. The van der Waals surface area contributed by atoms with Gasteiger partial charge in [-0.05, 0) is 30.8 Å². The molecule has 0 aliphatic carbocycles. The molecular weight excluding hydrogens is 340 g/mol. The van der Waals surface area contributed by atoms with E-state index in [4.69, 9.17) is 4.74 Å². The van der Waals surface area contributed by atoms with Gasteiger partial charge >= 0.3 is 0 Å². The van der Waals surface area contributed by atoms with Gasteiger partial charge in [0.2, 0.25) is 5.88 Å². The summed E-state index contributed by atoms with van der Waals surface area (Å²) < 4.78 is 5.19. The largest absolute Gasteiger partial charge is 0.481 e. The number of methoxy groups -OCH3 is 1. The molecule has 2 aliphatic heterocycles. The first kappa shape index (κ1) is 17.9. The molecule has 1 atom stereocenters. The molecule has 2 aromatic heterocycles. The topological polar surface area (TPSA) is 56.8 Å². The Hall–Kier alpha value is -2.48. The molecule has 0 spiro atoms. The Morgan fingerprint density at radius 1 is 1.11 bits per heavy atom. The minimum Gasteiger partial charge on any atom is -0.481 e. The Kier molecular flexibility index (Phi) is 5.33. The highest BCUT2D eigenvalue weighted by Crippen LogP contribution is 2.29. The maximum Gasteiger partial charge on any atom is 0.213 e. The summed E-state index contributed by atoms with van der Waals surface area (Å²) in [5, 5.41) is 2.08. The van der Waals surface area contributed by atoms with E-state index >= 15 is 0 Å². The third kappa shape index (κ3) is 3.80. The van der Waals surface area contributed by atoms with Crippen molar-refractivity contribution >= 4 is 11.4 Å². The summed E-state index contributed by atoms with van der Waals surface area (Å²) >= 11 is 0. The van der Waals surface area contributed by atoms with Gasteiger partial charge in [-0.15, -0.1) is 0 Å². The van der Waals surface area contributed by atoms with Crippen LogP contribution in [0, 0.1) is 0 Å². The normalized spacial score (nSPS) is 21.3. The molecule has 7 nitrogen and oxygen atoms in total. The van der Waals surface area contributed by atoms with Gasteiger partial charge in [0.15, 0.2) is 0 Å². The first-order valence-electron chi connectivity index (χ1n) is 9.44. The monoisotopic (exact) mass is 366 g/mol. The number of nitrogens with zero attached hydrogens (tertiary/aromatic N) is 5. The summed E-state index contributed by atoms with van der Waals surface area (Å²) in [7, 11) is 1.63. The van der Waals surface area contributed by atoms with Crippen molar-refractivity contribution in [1.29, 1.82) is 0 Å². The Morgan fingerprint density at radius 2 is 1.96 bits per heavy atom. The minimum atomic E-state index is 0.142. The fourth-order valence-corrected chi connectivity index (χ4v) is 3.56. The van der Waals surface area contributed by atoms with Crippen LogP contribution in [0.3, 0.4) is 0 Å². The third-order valence-electron chi connectivity index (χ3n) is 5.18. The van der Waals surface area contributed by atoms with Crippen LogP contribution in [0.2, 0.25) is 0 Å². The SMILES string of the molecule is CCN1CCN(C2C=C(c3ccccn3)N(c3ccc(OC)nc3)N2)CC1. The van der Waals surface area contributed by atoms with E-state index < -0.39 is 0 Å². The predicted octanol–water partition coefficient (Wildman–Crippen LogP) is 1.81. The van der Waals surface area contributed by atoms with Crippen molar-refractivity contribution < 1.29 is 4.74 Å². The van der Waals surface area contributed by atoms with E-state index in [9.17, 15) is 0 Å². The summed E-state index contributed by atoms with van der Waals surface area (Å²) in [5.41, 5.74) is 6.57. The molecule has 0 radical (unpaired) electrons. The maximum atomic E-state index is 5.19. The van der Waals surface area contributed by atoms with Crippen LogP contribution >= 0.6 is 0 Å². The average Bonchev–Trinajstić information content (AvgIpc) is 3.20. The second kappa shape index (κ2) is 8.04. The van der Waals surface area contributed by atoms with Gasteiger partial charge in [0, 0.05) is 38.4 Å². The van der Waals surface area contributed by atoms with E-state index in [1.165, 1.54) is 0 Å². The molecule has 1 fully saturated rings.